The van der Waals surface area contributed by atoms with Crippen LogP contribution in [0.3, 0.4) is 0 Å². The topological polar surface area (TPSA) is 29.5 Å². The van der Waals surface area contributed by atoms with Gasteiger partial charge >= 0.3 is 0 Å². The van der Waals surface area contributed by atoms with Gasteiger partial charge < -0.3 is 9.84 Å². The largest absolute Gasteiger partial charge is 0.508 e. The molecule has 0 amide bonds. The Morgan fingerprint density at radius 3 is 2.81 bits per heavy atom. The van der Waals surface area contributed by atoms with Gasteiger partial charge in [0.1, 0.15) is 17.1 Å². The van der Waals surface area contributed by atoms with Crippen molar-refractivity contribution in [1.82, 2.24) is 0 Å². The summed E-state index contributed by atoms with van der Waals surface area (Å²) < 4.78 is 6.51. The Bertz CT molecular complexity index is 945. The first-order valence-corrected chi connectivity index (χ1v) is 9.37. The maximum atomic E-state index is 9.82. The van der Waals surface area contributed by atoms with Crippen LogP contribution in [-0.2, 0) is 6.42 Å². The Morgan fingerprint density at radius 2 is 2.04 bits per heavy atom. The van der Waals surface area contributed by atoms with E-state index in [9.17, 15) is 5.11 Å². The van der Waals surface area contributed by atoms with Gasteiger partial charge in [0, 0.05) is 5.56 Å². The molecule has 0 saturated heterocycles. The summed E-state index contributed by atoms with van der Waals surface area (Å²) in [7, 11) is 0. The predicted molar refractivity (Wildman–Crippen MR) is 108 cm³/mol. The number of aromatic hydroxyl groups is 1. The number of phenolic OH excluding ortho intramolecular Hbond substituents is 1. The van der Waals surface area contributed by atoms with E-state index >= 15 is 0 Å². The molecule has 1 heterocycles. The molecule has 2 aromatic rings. The maximum Gasteiger partial charge on any atom is 0.131 e. The highest BCUT2D eigenvalue weighted by Crippen LogP contribution is 2.47. The Hall–Kier alpha value is -2.48. The molecule has 1 aliphatic carbocycles. The summed E-state index contributed by atoms with van der Waals surface area (Å²) in [5.74, 6) is 1.35. The van der Waals surface area contributed by atoms with Crippen molar-refractivity contribution in [2.75, 3.05) is 0 Å². The Kier molecular flexibility index (Phi) is 3.95. The molecule has 2 aliphatic rings. The number of phenols is 1. The quantitative estimate of drug-likeness (QED) is 0.574. The zero-order valence-corrected chi connectivity index (χ0v) is 16.0. The second-order valence-electron chi connectivity index (χ2n) is 8.05. The van der Waals surface area contributed by atoms with E-state index in [1.54, 1.807) is 6.07 Å². The van der Waals surface area contributed by atoms with Crippen molar-refractivity contribution in [3.05, 3.63) is 64.2 Å². The van der Waals surface area contributed by atoms with Crippen LogP contribution in [0.2, 0.25) is 0 Å². The smallest absolute Gasteiger partial charge is 0.131 e. The first-order chi connectivity index (χ1) is 12.4. The third kappa shape index (κ3) is 2.84. The van der Waals surface area contributed by atoms with Crippen LogP contribution in [0.15, 0.2) is 42.0 Å². The van der Waals surface area contributed by atoms with Gasteiger partial charge in [0.25, 0.3) is 0 Å². The van der Waals surface area contributed by atoms with Crippen LogP contribution in [0.4, 0.5) is 0 Å². The summed E-state index contributed by atoms with van der Waals surface area (Å²) in [4.78, 5) is 0. The SMILES string of the molecule is CC(C)=CCC[C@]1(C)C=Cc2c3c(cc(C)c2O1)-c1ccc(O)cc1C3. The molecule has 2 heteroatoms. The fourth-order valence-electron chi connectivity index (χ4n) is 4.09. The van der Waals surface area contributed by atoms with E-state index in [1.807, 2.05) is 12.1 Å². The zero-order chi connectivity index (χ0) is 18.5. The molecule has 0 radical (unpaired) electrons. The van der Waals surface area contributed by atoms with Crippen molar-refractivity contribution >= 4 is 6.08 Å². The lowest BCUT2D eigenvalue weighted by Crippen LogP contribution is -2.32. The van der Waals surface area contributed by atoms with Crippen molar-refractivity contribution in [2.45, 2.75) is 52.6 Å². The minimum absolute atomic E-state index is 0.262. The molecule has 0 spiro atoms. The van der Waals surface area contributed by atoms with Gasteiger partial charge in [-0.15, -0.1) is 0 Å². The van der Waals surface area contributed by atoms with Crippen molar-refractivity contribution in [3.8, 4) is 22.6 Å². The highest BCUT2D eigenvalue weighted by atomic mass is 16.5. The molecular weight excluding hydrogens is 320 g/mol. The number of benzene rings is 2. The molecule has 0 fully saturated rings. The van der Waals surface area contributed by atoms with E-state index < -0.39 is 0 Å². The van der Waals surface area contributed by atoms with E-state index in [1.165, 1.54) is 39.0 Å². The van der Waals surface area contributed by atoms with Gasteiger partial charge in [-0.3, -0.25) is 0 Å². The van der Waals surface area contributed by atoms with Crippen LogP contribution in [0.25, 0.3) is 17.2 Å². The number of hydrogen-bond acceptors (Lipinski definition) is 2. The Labute approximate surface area is 155 Å². The fraction of sp³-hybridized carbons (Fsp3) is 0.333. The monoisotopic (exact) mass is 346 g/mol. The summed E-state index contributed by atoms with van der Waals surface area (Å²) in [5, 5.41) is 9.82. The minimum atomic E-state index is -0.262. The van der Waals surface area contributed by atoms with Crippen LogP contribution in [-0.4, -0.2) is 10.7 Å². The number of fused-ring (bicyclic) bond motifs is 5. The average molecular weight is 346 g/mol. The first-order valence-electron chi connectivity index (χ1n) is 9.37. The molecule has 26 heavy (non-hydrogen) atoms. The van der Waals surface area contributed by atoms with E-state index in [0.29, 0.717) is 5.75 Å². The standard InChI is InChI=1S/C24H26O2/c1-15(2)6-5-10-24(4)11-9-20-22-14-17-13-18(25)7-8-19(17)21(22)12-16(3)23(20)26-24/h6-9,11-13,25H,5,10,14H2,1-4H3/t24-/m1/s1. The highest BCUT2D eigenvalue weighted by molar-refractivity contribution is 5.84. The molecule has 4 rings (SSSR count). The Morgan fingerprint density at radius 1 is 1.23 bits per heavy atom. The van der Waals surface area contributed by atoms with Crippen molar-refractivity contribution in [1.29, 1.82) is 0 Å². The van der Waals surface area contributed by atoms with Crippen LogP contribution >= 0.6 is 0 Å². The summed E-state index contributed by atoms with van der Waals surface area (Å²) in [6, 6.07) is 7.93. The number of aryl methyl sites for hydroxylation is 1. The summed E-state index contributed by atoms with van der Waals surface area (Å²) in [6.45, 7) is 8.58. The van der Waals surface area contributed by atoms with Crippen molar-refractivity contribution in [3.63, 3.8) is 0 Å². The molecule has 0 aromatic heterocycles. The van der Waals surface area contributed by atoms with E-state index in [-0.39, 0.29) is 5.60 Å². The van der Waals surface area contributed by atoms with E-state index in [4.69, 9.17) is 4.74 Å². The lowest BCUT2D eigenvalue weighted by atomic mass is 9.90. The van der Waals surface area contributed by atoms with Crippen LogP contribution < -0.4 is 4.74 Å². The number of rotatable bonds is 3. The fourth-order valence-corrected chi connectivity index (χ4v) is 4.09. The Balaban J connectivity index is 1.71. The molecule has 1 atom stereocenters. The van der Waals surface area contributed by atoms with Gasteiger partial charge in [0.15, 0.2) is 0 Å². The van der Waals surface area contributed by atoms with Gasteiger partial charge in [-0.2, -0.15) is 0 Å². The molecule has 134 valence electrons. The number of hydrogen-bond donors (Lipinski definition) is 1. The molecule has 2 aromatic carbocycles. The summed E-state index contributed by atoms with van der Waals surface area (Å²) >= 11 is 0. The molecular formula is C24H26O2. The van der Waals surface area contributed by atoms with Crippen molar-refractivity contribution < 1.29 is 9.84 Å². The van der Waals surface area contributed by atoms with Gasteiger partial charge in [-0.05, 0) is 99.0 Å². The second kappa shape index (κ2) is 6.05. The summed E-state index contributed by atoms with van der Waals surface area (Å²) in [6.07, 6.45) is 9.58. The minimum Gasteiger partial charge on any atom is -0.508 e. The third-order valence-corrected chi connectivity index (χ3v) is 5.49. The second-order valence-corrected chi connectivity index (χ2v) is 8.05. The lowest BCUT2D eigenvalue weighted by molar-refractivity contribution is 0.127. The molecule has 0 unspecified atom stereocenters. The first kappa shape index (κ1) is 17.0. The van der Waals surface area contributed by atoms with Crippen molar-refractivity contribution in [2.24, 2.45) is 0 Å². The molecule has 2 nitrogen and oxygen atoms in total. The maximum absolute atomic E-state index is 9.82. The summed E-state index contributed by atoms with van der Waals surface area (Å²) in [5.41, 5.74) is 8.48. The van der Waals surface area contributed by atoms with Gasteiger partial charge in [0.05, 0.1) is 0 Å². The zero-order valence-electron chi connectivity index (χ0n) is 16.0. The predicted octanol–water partition coefficient (Wildman–Crippen LogP) is 6.18. The van der Waals surface area contributed by atoms with E-state index in [0.717, 1.165) is 25.0 Å². The number of allylic oxidation sites excluding steroid dienone is 2. The van der Waals surface area contributed by atoms with Gasteiger partial charge in [-0.25, -0.2) is 0 Å². The van der Waals surface area contributed by atoms with Gasteiger partial charge in [0.2, 0.25) is 0 Å². The third-order valence-electron chi connectivity index (χ3n) is 5.49. The van der Waals surface area contributed by atoms with Crippen LogP contribution in [0.1, 0.15) is 55.9 Å². The van der Waals surface area contributed by atoms with E-state index in [2.05, 4.69) is 52.0 Å². The molecule has 0 bridgehead atoms. The van der Waals surface area contributed by atoms with Crippen LogP contribution in [0, 0.1) is 6.92 Å². The average Bonchev–Trinajstić information content (AvgIpc) is 2.92. The van der Waals surface area contributed by atoms with Crippen LogP contribution in [0.5, 0.6) is 11.5 Å². The number of ether oxygens (including phenoxy) is 1. The normalized spacial score (nSPS) is 19.4. The van der Waals surface area contributed by atoms with Gasteiger partial charge in [-0.1, -0.05) is 23.8 Å². The molecule has 1 aliphatic heterocycles. The lowest BCUT2D eigenvalue weighted by Gasteiger charge is -2.33. The highest BCUT2D eigenvalue weighted by Gasteiger charge is 2.32. The molecule has 1 N–H and O–H groups in total. The molecule has 0 saturated carbocycles.